The van der Waals surface area contributed by atoms with Crippen LogP contribution in [0.3, 0.4) is 0 Å². The van der Waals surface area contributed by atoms with E-state index in [0.717, 1.165) is 17.6 Å². The van der Waals surface area contributed by atoms with Crippen LogP contribution in [-0.2, 0) is 0 Å². The van der Waals surface area contributed by atoms with Crippen molar-refractivity contribution >= 4 is 27.5 Å². The van der Waals surface area contributed by atoms with Crippen LogP contribution in [0.5, 0.6) is 0 Å². The number of hydrogen-bond donors (Lipinski definition) is 0. The van der Waals surface area contributed by atoms with Gasteiger partial charge in [0.25, 0.3) is 0 Å². The molecule has 4 aromatic carbocycles. The van der Waals surface area contributed by atoms with Gasteiger partial charge in [-0.25, -0.2) is 0 Å². The SMILES string of the molecule is C1=CCC(C2=C3C=CC=CC3C(c3ccc4c(c3)oc3cc(-c5ccccc5)ccc34)c3ccccc32)C=C1. The van der Waals surface area contributed by atoms with Gasteiger partial charge in [0, 0.05) is 28.5 Å². The summed E-state index contributed by atoms with van der Waals surface area (Å²) in [5.74, 6) is 0.940. The lowest BCUT2D eigenvalue weighted by atomic mass is 9.65. The summed E-state index contributed by atoms with van der Waals surface area (Å²) >= 11 is 0. The van der Waals surface area contributed by atoms with Crippen molar-refractivity contribution in [2.45, 2.75) is 12.3 Å². The third kappa shape index (κ3) is 3.61. The fraction of sp³-hybridized carbons (Fsp3) is 0.105. The highest BCUT2D eigenvalue weighted by molar-refractivity contribution is 6.06. The largest absolute Gasteiger partial charge is 0.456 e. The number of fused-ring (bicyclic) bond motifs is 5. The van der Waals surface area contributed by atoms with E-state index < -0.39 is 0 Å². The standard InChI is InChI=1S/C38H28O/c1-3-11-25(12-4-1)27-19-21-29-30-22-20-28(24-36(30)39-35(29)23-27)38-33-17-9-7-15-31(33)37(26-13-5-2-6-14-26)32-16-8-10-18-34(32)38/h1-13,15-24,26,33,38H,14H2. The summed E-state index contributed by atoms with van der Waals surface area (Å²) in [4.78, 5) is 0. The van der Waals surface area contributed by atoms with Crippen molar-refractivity contribution in [3.63, 3.8) is 0 Å². The molecule has 8 rings (SSSR count). The smallest absolute Gasteiger partial charge is 0.136 e. The van der Waals surface area contributed by atoms with E-state index in [1.54, 1.807) is 0 Å². The van der Waals surface area contributed by atoms with Gasteiger partial charge in [0.2, 0.25) is 0 Å². The molecule has 1 heteroatoms. The Morgan fingerprint density at radius 3 is 2.31 bits per heavy atom. The zero-order valence-electron chi connectivity index (χ0n) is 21.6. The van der Waals surface area contributed by atoms with E-state index in [1.807, 2.05) is 0 Å². The van der Waals surface area contributed by atoms with E-state index in [-0.39, 0.29) is 5.92 Å². The summed E-state index contributed by atoms with van der Waals surface area (Å²) in [5.41, 5.74) is 11.3. The van der Waals surface area contributed by atoms with Crippen molar-refractivity contribution in [3.8, 4) is 11.1 Å². The van der Waals surface area contributed by atoms with E-state index in [0.29, 0.717) is 11.8 Å². The fourth-order valence-electron chi connectivity index (χ4n) is 6.87. The molecule has 186 valence electrons. The van der Waals surface area contributed by atoms with Crippen molar-refractivity contribution in [1.29, 1.82) is 0 Å². The molecule has 3 aliphatic rings. The highest BCUT2D eigenvalue weighted by atomic mass is 16.3. The van der Waals surface area contributed by atoms with Crippen LogP contribution in [-0.4, -0.2) is 0 Å². The summed E-state index contributed by atoms with van der Waals surface area (Å²) in [6, 6.07) is 33.0. The highest BCUT2D eigenvalue weighted by Crippen LogP contribution is 2.51. The molecule has 3 aliphatic carbocycles. The van der Waals surface area contributed by atoms with Crippen LogP contribution in [0, 0.1) is 11.8 Å². The molecule has 0 spiro atoms. The van der Waals surface area contributed by atoms with Crippen molar-refractivity contribution < 1.29 is 4.42 Å². The van der Waals surface area contributed by atoms with Gasteiger partial charge in [-0.15, -0.1) is 0 Å². The van der Waals surface area contributed by atoms with Gasteiger partial charge in [-0.05, 0) is 63.6 Å². The van der Waals surface area contributed by atoms with Gasteiger partial charge >= 0.3 is 0 Å². The Morgan fingerprint density at radius 2 is 1.44 bits per heavy atom. The van der Waals surface area contributed by atoms with Crippen LogP contribution in [0.4, 0.5) is 0 Å². The maximum atomic E-state index is 6.53. The van der Waals surface area contributed by atoms with Crippen molar-refractivity contribution in [2.75, 3.05) is 0 Å². The first-order valence-corrected chi connectivity index (χ1v) is 13.9. The van der Waals surface area contributed by atoms with Gasteiger partial charge in [0.1, 0.15) is 11.2 Å². The Labute approximate surface area is 228 Å². The molecule has 1 aromatic heterocycles. The molecule has 3 atom stereocenters. The van der Waals surface area contributed by atoms with E-state index >= 15 is 0 Å². The Kier molecular flexibility index (Phi) is 5.16. The molecule has 0 amide bonds. The molecule has 0 N–H and O–H groups in total. The quantitative estimate of drug-likeness (QED) is 0.240. The van der Waals surface area contributed by atoms with Gasteiger partial charge < -0.3 is 4.42 Å². The average Bonchev–Trinajstić information content (AvgIpc) is 3.37. The number of furan rings is 1. The third-order valence-corrected chi connectivity index (χ3v) is 8.64. The second kappa shape index (κ2) is 8.99. The van der Waals surface area contributed by atoms with Gasteiger partial charge in [-0.2, -0.15) is 0 Å². The first-order valence-electron chi connectivity index (χ1n) is 13.9. The molecule has 5 aromatic rings. The third-order valence-electron chi connectivity index (χ3n) is 8.64. The molecule has 0 radical (unpaired) electrons. The maximum Gasteiger partial charge on any atom is 0.136 e. The number of rotatable bonds is 3. The van der Waals surface area contributed by atoms with E-state index in [4.69, 9.17) is 4.42 Å². The Balaban J connectivity index is 1.27. The topological polar surface area (TPSA) is 13.1 Å². The lowest BCUT2D eigenvalue weighted by molar-refractivity contribution is 0.632. The highest BCUT2D eigenvalue weighted by Gasteiger charge is 2.36. The van der Waals surface area contributed by atoms with Gasteiger partial charge in [0.15, 0.2) is 0 Å². The minimum atomic E-state index is 0.238. The minimum absolute atomic E-state index is 0.238. The monoisotopic (exact) mass is 500 g/mol. The molecular formula is C38H28O. The van der Waals surface area contributed by atoms with Gasteiger partial charge in [0.05, 0.1) is 0 Å². The number of benzene rings is 4. The van der Waals surface area contributed by atoms with Crippen LogP contribution >= 0.6 is 0 Å². The lowest BCUT2D eigenvalue weighted by Gasteiger charge is -2.38. The predicted octanol–water partition coefficient (Wildman–Crippen LogP) is 10.0. The zero-order chi connectivity index (χ0) is 25.8. The molecular weight excluding hydrogens is 472 g/mol. The van der Waals surface area contributed by atoms with E-state index in [2.05, 4.69) is 140 Å². The van der Waals surface area contributed by atoms with E-state index in [9.17, 15) is 0 Å². The normalized spacial score (nSPS) is 21.5. The summed E-state index contributed by atoms with van der Waals surface area (Å²) in [6.45, 7) is 0. The van der Waals surface area contributed by atoms with Gasteiger partial charge in [-0.1, -0.05) is 121 Å². The molecule has 1 nitrogen and oxygen atoms in total. The molecule has 0 aliphatic heterocycles. The van der Waals surface area contributed by atoms with Crippen LogP contribution in [0.1, 0.15) is 29.0 Å². The summed E-state index contributed by atoms with van der Waals surface area (Å²) < 4.78 is 6.53. The van der Waals surface area contributed by atoms with Gasteiger partial charge in [-0.3, -0.25) is 0 Å². The minimum Gasteiger partial charge on any atom is -0.456 e. The van der Waals surface area contributed by atoms with Crippen LogP contribution in [0.15, 0.2) is 150 Å². The molecule has 0 bridgehead atoms. The molecule has 0 fully saturated rings. The van der Waals surface area contributed by atoms with Crippen molar-refractivity contribution in [2.24, 2.45) is 11.8 Å². The van der Waals surface area contributed by atoms with Crippen LogP contribution in [0.25, 0.3) is 38.6 Å². The second-order valence-electron chi connectivity index (χ2n) is 10.8. The van der Waals surface area contributed by atoms with Crippen molar-refractivity contribution in [1.82, 2.24) is 0 Å². The second-order valence-corrected chi connectivity index (χ2v) is 10.8. The Morgan fingerprint density at radius 1 is 0.641 bits per heavy atom. The molecule has 3 unspecified atom stereocenters. The Hall–Kier alpha value is -4.62. The molecule has 0 saturated heterocycles. The summed E-state index contributed by atoms with van der Waals surface area (Å²) in [5, 5.41) is 2.34. The molecule has 1 heterocycles. The van der Waals surface area contributed by atoms with Crippen LogP contribution < -0.4 is 0 Å². The Bertz CT molecular complexity index is 1890. The maximum absolute atomic E-state index is 6.53. The first-order chi connectivity index (χ1) is 19.3. The van der Waals surface area contributed by atoms with Crippen molar-refractivity contribution in [3.05, 3.63) is 162 Å². The van der Waals surface area contributed by atoms with Crippen LogP contribution in [0.2, 0.25) is 0 Å². The number of hydrogen-bond acceptors (Lipinski definition) is 1. The summed E-state index contributed by atoms with van der Waals surface area (Å²) in [7, 11) is 0. The lowest BCUT2D eigenvalue weighted by Crippen LogP contribution is -2.24. The number of allylic oxidation sites excluding steroid dienone is 10. The first kappa shape index (κ1) is 22.4. The van der Waals surface area contributed by atoms with E-state index in [1.165, 1.54) is 49.7 Å². The zero-order valence-corrected chi connectivity index (χ0v) is 21.6. The fourth-order valence-corrected chi connectivity index (χ4v) is 6.87. The average molecular weight is 501 g/mol. The summed E-state index contributed by atoms with van der Waals surface area (Å²) in [6.07, 6.45) is 19.2. The predicted molar refractivity (Wildman–Crippen MR) is 163 cm³/mol. The molecule has 39 heavy (non-hydrogen) atoms. The molecule has 0 saturated carbocycles.